The lowest BCUT2D eigenvalue weighted by molar-refractivity contribution is -0.167. The minimum atomic E-state index is -0.445. The summed E-state index contributed by atoms with van der Waals surface area (Å²) in [5.41, 5.74) is 6.69. The molecule has 7 heteroatoms. The van der Waals surface area contributed by atoms with Crippen LogP contribution in [0.1, 0.15) is 26.0 Å². The van der Waals surface area contributed by atoms with Crippen LogP contribution in [0.5, 0.6) is 0 Å². The van der Waals surface area contributed by atoms with Crippen molar-refractivity contribution in [3.05, 3.63) is 23.6 Å². The van der Waals surface area contributed by atoms with Crippen molar-refractivity contribution in [2.75, 3.05) is 12.8 Å². The van der Waals surface area contributed by atoms with Gasteiger partial charge in [-0.2, -0.15) is 5.06 Å². The van der Waals surface area contributed by atoms with Crippen LogP contribution in [0, 0.1) is 5.82 Å². The Labute approximate surface area is 126 Å². The van der Waals surface area contributed by atoms with Crippen LogP contribution in [0.2, 0.25) is 0 Å². The molecule has 3 rings (SSSR count). The lowest BCUT2D eigenvalue weighted by atomic mass is 10.1. The fraction of sp³-hybridized carbons (Fsp3) is 0.500. The highest BCUT2D eigenvalue weighted by Gasteiger charge is 2.37. The van der Waals surface area contributed by atoms with E-state index in [0.717, 1.165) is 12.1 Å². The number of fused-ring (bicyclic) bond motifs is 1. The molecule has 0 radical (unpaired) electrons. The van der Waals surface area contributed by atoms with Crippen LogP contribution >= 0.6 is 11.8 Å². The maximum atomic E-state index is 13.6. The summed E-state index contributed by atoms with van der Waals surface area (Å²) in [4.78, 5) is 5.75. The summed E-state index contributed by atoms with van der Waals surface area (Å²) < 4.78 is 18.8. The van der Waals surface area contributed by atoms with Gasteiger partial charge in [-0.25, -0.2) is 4.39 Å². The van der Waals surface area contributed by atoms with Crippen molar-refractivity contribution < 1.29 is 13.8 Å². The van der Waals surface area contributed by atoms with E-state index >= 15 is 0 Å². The third-order valence-electron chi connectivity index (χ3n) is 3.54. The molecule has 2 aromatic rings. The van der Waals surface area contributed by atoms with Crippen LogP contribution in [0.3, 0.4) is 0 Å². The molecule has 0 amide bonds. The molecule has 0 bridgehead atoms. The predicted octanol–water partition coefficient (Wildman–Crippen LogP) is 3.15. The van der Waals surface area contributed by atoms with Crippen LogP contribution in [0.25, 0.3) is 11.0 Å². The first-order valence-electron chi connectivity index (χ1n) is 6.72. The maximum absolute atomic E-state index is 13.6. The number of nitrogens with zero attached hydrogens (tertiary/aromatic N) is 2. The first-order chi connectivity index (χ1) is 9.85. The van der Waals surface area contributed by atoms with Crippen molar-refractivity contribution in [2.45, 2.75) is 37.0 Å². The number of rotatable bonds is 3. The molecule has 21 heavy (non-hydrogen) atoms. The number of hydrogen-bond donors (Lipinski definition) is 1. The van der Waals surface area contributed by atoms with Gasteiger partial charge in [-0.1, -0.05) is 5.16 Å². The van der Waals surface area contributed by atoms with Gasteiger partial charge < -0.3 is 10.3 Å². The van der Waals surface area contributed by atoms with Gasteiger partial charge in [-0.3, -0.25) is 4.84 Å². The fourth-order valence-corrected chi connectivity index (χ4v) is 3.83. The first-order valence-corrected chi connectivity index (χ1v) is 7.77. The Hall–Kier alpha value is -1.31. The first kappa shape index (κ1) is 14.6. The third-order valence-corrected chi connectivity index (χ3v) is 4.83. The molecule has 1 saturated heterocycles. The Bertz CT molecular complexity index is 674. The molecule has 0 aliphatic carbocycles. The van der Waals surface area contributed by atoms with Gasteiger partial charge in [0.15, 0.2) is 5.58 Å². The number of anilines is 1. The lowest BCUT2D eigenvalue weighted by Gasteiger charge is -2.17. The van der Waals surface area contributed by atoms with E-state index in [4.69, 9.17) is 15.1 Å². The van der Waals surface area contributed by atoms with Gasteiger partial charge in [-0.15, -0.1) is 11.8 Å². The van der Waals surface area contributed by atoms with Crippen LogP contribution in [-0.4, -0.2) is 28.2 Å². The monoisotopic (exact) mass is 311 g/mol. The number of benzene rings is 1. The van der Waals surface area contributed by atoms with Gasteiger partial charge in [0.2, 0.25) is 0 Å². The Balaban J connectivity index is 1.76. The summed E-state index contributed by atoms with van der Waals surface area (Å²) in [5, 5.41) is 6.81. The van der Waals surface area contributed by atoms with Crippen LogP contribution in [-0.2, 0) is 10.6 Å². The van der Waals surface area contributed by atoms with Crippen LogP contribution in [0.4, 0.5) is 10.1 Å². The molecular weight excluding hydrogens is 293 g/mol. The highest BCUT2D eigenvalue weighted by molar-refractivity contribution is 7.99. The number of nitrogen functional groups attached to an aromatic ring is 1. The number of nitrogens with two attached hydrogens (primary N) is 1. The molecule has 0 saturated carbocycles. The average molecular weight is 311 g/mol. The van der Waals surface area contributed by atoms with Crippen LogP contribution in [0.15, 0.2) is 16.7 Å². The predicted molar refractivity (Wildman–Crippen MR) is 81.0 cm³/mol. The topological polar surface area (TPSA) is 64.5 Å². The molecule has 1 aromatic carbocycles. The van der Waals surface area contributed by atoms with Gasteiger partial charge in [0.05, 0.1) is 16.7 Å². The lowest BCUT2D eigenvalue weighted by Crippen LogP contribution is -2.22. The van der Waals surface area contributed by atoms with Gasteiger partial charge in [0, 0.05) is 30.7 Å². The summed E-state index contributed by atoms with van der Waals surface area (Å²) in [6.07, 6.45) is 0.922. The maximum Gasteiger partial charge on any atom is 0.169 e. The molecule has 5 nitrogen and oxygen atoms in total. The van der Waals surface area contributed by atoms with Crippen molar-refractivity contribution in [1.82, 2.24) is 10.2 Å². The largest absolute Gasteiger partial charge is 0.396 e. The molecular formula is C14H18FN3O2S. The minimum absolute atomic E-state index is 0.0727. The molecule has 2 N–H and O–H groups in total. The van der Waals surface area contributed by atoms with E-state index in [-0.39, 0.29) is 16.7 Å². The van der Waals surface area contributed by atoms with Gasteiger partial charge in [0.1, 0.15) is 11.5 Å². The van der Waals surface area contributed by atoms with E-state index in [1.807, 2.05) is 12.1 Å². The molecule has 1 aliphatic rings. The van der Waals surface area contributed by atoms with E-state index in [1.165, 1.54) is 12.1 Å². The van der Waals surface area contributed by atoms with Crippen molar-refractivity contribution in [3.8, 4) is 0 Å². The molecule has 1 fully saturated rings. The standard InChI is InChI=1S/C14H18FN3O2S/c1-14(2)6-13(18(3)20-14)21-7-11-8-4-9(15)10(16)5-12(8)19-17-11/h4-5,13H,6-7,16H2,1-3H3. The van der Waals surface area contributed by atoms with E-state index in [0.29, 0.717) is 16.7 Å². The zero-order chi connectivity index (χ0) is 15.2. The number of hydrogen-bond acceptors (Lipinski definition) is 6. The minimum Gasteiger partial charge on any atom is -0.396 e. The number of halogens is 1. The zero-order valence-corrected chi connectivity index (χ0v) is 13.0. The Morgan fingerprint density at radius 3 is 2.95 bits per heavy atom. The molecule has 1 unspecified atom stereocenters. The second-order valence-corrected chi connectivity index (χ2v) is 7.03. The Kier molecular flexibility index (Phi) is 3.59. The summed E-state index contributed by atoms with van der Waals surface area (Å²) in [6.45, 7) is 4.13. The normalized spacial score (nSPS) is 22.2. The van der Waals surface area contributed by atoms with Crippen LogP contribution < -0.4 is 5.73 Å². The highest BCUT2D eigenvalue weighted by Crippen LogP contribution is 2.37. The number of hydroxylamine groups is 2. The second kappa shape index (κ2) is 5.15. The highest BCUT2D eigenvalue weighted by atomic mass is 32.2. The van der Waals surface area contributed by atoms with E-state index in [2.05, 4.69) is 19.0 Å². The van der Waals surface area contributed by atoms with Crippen molar-refractivity contribution in [3.63, 3.8) is 0 Å². The van der Waals surface area contributed by atoms with E-state index < -0.39 is 5.82 Å². The van der Waals surface area contributed by atoms with Crippen molar-refractivity contribution in [1.29, 1.82) is 0 Å². The summed E-state index contributed by atoms with van der Waals surface area (Å²) in [6, 6.07) is 2.86. The fourth-order valence-electron chi connectivity index (χ4n) is 2.50. The molecule has 1 atom stereocenters. The number of thioether (sulfide) groups is 1. The average Bonchev–Trinajstić information content (AvgIpc) is 2.88. The molecule has 2 heterocycles. The smallest absolute Gasteiger partial charge is 0.169 e. The molecule has 0 spiro atoms. The summed E-state index contributed by atoms with van der Waals surface area (Å²) >= 11 is 1.70. The Morgan fingerprint density at radius 1 is 1.52 bits per heavy atom. The van der Waals surface area contributed by atoms with Crippen molar-refractivity contribution in [2.24, 2.45) is 0 Å². The van der Waals surface area contributed by atoms with Gasteiger partial charge in [-0.05, 0) is 19.9 Å². The number of aromatic nitrogens is 1. The van der Waals surface area contributed by atoms with E-state index in [1.54, 1.807) is 11.8 Å². The van der Waals surface area contributed by atoms with Gasteiger partial charge in [0.25, 0.3) is 0 Å². The zero-order valence-electron chi connectivity index (χ0n) is 12.2. The Morgan fingerprint density at radius 2 is 2.29 bits per heavy atom. The molecule has 1 aliphatic heterocycles. The third kappa shape index (κ3) is 2.86. The second-order valence-electron chi connectivity index (χ2n) is 5.87. The van der Waals surface area contributed by atoms with Gasteiger partial charge >= 0.3 is 0 Å². The molecule has 1 aromatic heterocycles. The van der Waals surface area contributed by atoms with Crippen molar-refractivity contribution >= 4 is 28.4 Å². The summed E-state index contributed by atoms with van der Waals surface area (Å²) in [7, 11) is 1.92. The molecule has 114 valence electrons. The SMILES string of the molecule is CN1OC(C)(C)CC1SCc1noc2cc(N)c(F)cc12. The van der Waals surface area contributed by atoms with E-state index in [9.17, 15) is 4.39 Å². The summed E-state index contributed by atoms with van der Waals surface area (Å²) in [5.74, 6) is 0.185. The quantitative estimate of drug-likeness (QED) is 0.879.